The molecule has 0 aliphatic carbocycles. The number of anilines is 2. The summed E-state index contributed by atoms with van der Waals surface area (Å²) in [5.41, 5.74) is 2.77. The van der Waals surface area contributed by atoms with E-state index >= 15 is 0 Å². The van der Waals surface area contributed by atoms with Gasteiger partial charge in [-0.2, -0.15) is 0 Å². The number of rotatable bonds is 2. The molecule has 3 heterocycles. The highest BCUT2D eigenvalue weighted by Crippen LogP contribution is 2.32. The maximum absolute atomic E-state index is 12.2. The van der Waals surface area contributed by atoms with E-state index in [0.717, 1.165) is 48.5 Å². The molecule has 2 aliphatic heterocycles. The van der Waals surface area contributed by atoms with Crippen LogP contribution >= 0.6 is 0 Å². The molecule has 2 fully saturated rings. The zero-order valence-corrected chi connectivity index (χ0v) is 13.3. The Hall–Kier alpha value is -2.67. The van der Waals surface area contributed by atoms with Gasteiger partial charge in [-0.05, 0) is 12.1 Å². The van der Waals surface area contributed by atoms with Gasteiger partial charge in [0.25, 0.3) is 0 Å². The van der Waals surface area contributed by atoms with Gasteiger partial charge in [-0.25, -0.2) is 4.79 Å². The number of imide groups is 1. The summed E-state index contributed by atoms with van der Waals surface area (Å²) in [6, 6.07) is 7.51. The van der Waals surface area contributed by atoms with Gasteiger partial charge in [-0.1, -0.05) is 12.1 Å². The zero-order valence-electron chi connectivity index (χ0n) is 13.3. The van der Waals surface area contributed by atoms with Crippen LogP contribution in [0.2, 0.25) is 0 Å². The molecule has 0 saturated carbocycles. The van der Waals surface area contributed by atoms with Gasteiger partial charge in [0.15, 0.2) is 0 Å². The lowest BCUT2D eigenvalue weighted by Gasteiger charge is -2.31. The molecule has 0 bridgehead atoms. The molecule has 0 unspecified atom stereocenters. The van der Waals surface area contributed by atoms with E-state index in [0.29, 0.717) is 13.0 Å². The Morgan fingerprint density at radius 3 is 2.62 bits per heavy atom. The minimum absolute atomic E-state index is 0.226. The Morgan fingerprint density at radius 1 is 1.00 bits per heavy atom. The van der Waals surface area contributed by atoms with E-state index < -0.39 is 0 Å². The van der Waals surface area contributed by atoms with E-state index in [1.807, 2.05) is 18.2 Å². The van der Waals surface area contributed by atoms with Crippen LogP contribution in [-0.2, 0) is 4.79 Å². The summed E-state index contributed by atoms with van der Waals surface area (Å²) in [6.07, 6.45) is 2.04. The Labute approximate surface area is 139 Å². The van der Waals surface area contributed by atoms with Crippen LogP contribution in [0.4, 0.5) is 16.2 Å². The fourth-order valence-electron chi connectivity index (χ4n) is 3.34. The summed E-state index contributed by atoms with van der Waals surface area (Å²) < 4.78 is 0. The van der Waals surface area contributed by atoms with E-state index in [2.05, 4.69) is 26.6 Å². The monoisotopic (exact) mass is 325 g/mol. The molecule has 2 N–H and O–H groups in total. The fraction of sp³-hybridized carbons (Fsp3) is 0.353. The van der Waals surface area contributed by atoms with E-state index in [-0.39, 0.29) is 11.9 Å². The molecule has 2 aliphatic rings. The summed E-state index contributed by atoms with van der Waals surface area (Å²) in [4.78, 5) is 32.1. The van der Waals surface area contributed by atoms with Crippen LogP contribution in [0.15, 0.2) is 30.5 Å². The maximum Gasteiger partial charge on any atom is 0.328 e. The number of aromatic nitrogens is 1. The number of piperazine rings is 1. The molecule has 124 valence electrons. The van der Waals surface area contributed by atoms with Crippen LogP contribution in [0.3, 0.4) is 0 Å². The third kappa shape index (κ3) is 2.56. The highest BCUT2D eigenvalue weighted by atomic mass is 16.2. The SMILES string of the molecule is O=C1CCN(c2ccnc3c(N4CCNCC4)cccc23)C(=O)N1. The number of urea groups is 1. The molecule has 1 aromatic carbocycles. The molecule has 2 saturated heterocycles. The second kappa shape index (κ2) is 6.09. The summed E-state index contributed by atoms with van der Waals surface area (Å²) in [6.45, 7) is 4.16. The topological polar surface area (TPSA) is 77.6 Å². The standard InChI is InChI=1S/C17H19N5O2/c23-15-5-9-22(17(24)20-15)13-4-6-19-16-12(13)2-1-3-14(16)21-10-7-18-8-11-21/h1-4,6,18H,5,7-11H2,(H,20,23,24). The third-order valence-electron chi connectivity index (χ3n) is 4.53. The van der Waals surface area contributed by atoms with Crippen LogP contribution in [0.5, 0.6) is 0 Å². The molecule has 1 aromatic heterocycles. The number of amides is 3. The van der Waals surface area contributed by atoms with Crippen LogP contribution in [-0.4, -0.2) is 49.6 Å². The second-order valence-electron chi connectivity index (χ2n) is 6.00. The van der Waals surface area contributed by atoms with Crippen LogP contribution in [0.1, 0.15) is 6.42 Å². The van der Waals surface area contributed by atoms with Gasteiger partial charge in [0.1, 0.15) is 0 Å². The summed E-state index contributed by atoms with van der Waals surface area (Å²) in [5.74, 6) is -0.226. The molecule has 0 radical (unpaired) electrons. The lowest BCUT2D eigenvalue weighted by atomic mass is 10.1. The molecular weight excluding hydrogens is 306 g/mol. The average Bonchev–Trinajstić information content (AvgIpc) is 2.62. The van der Waals surface area contributed by atoms with Crippen molar-refractivity contribution in [1.29, 1.82) is 0 Å². The smallest absolute Gasteiger partial charge is 0.328 e. The van der Waals surface area contributed by atoms with Gasteiger partial charge in [-0.15, -0.1) is 0 Å². The number of pyridine rings is 1. The van der Waals surface area contributed by atoms with Gasteiger partial charge in [-0.3, -0.25) is 20.0 Å². The highest BCUT2D eigenvalue weighted by Gasteiger charge is 2.26. The predicted molar refractivity (Wildman–Crippen MR) is 92.3 cm³/mol. The molecule has 0 spiro atoms. The largest absolute Gasteiger partial charge is 0.367 e. The van der Waals surface area contributed by atoms with Crippen LogP contribution < -0.4 is 20.4 Å². The summed E-state index contributed by atoms with van der Waals surface area (Å²) >= 11 is 0. The van der Waals surface area contributed by atoms with Gasteiger partial charge >= 0.3 is 6.03 Å². The van der Waals surface area contributed by atoms with Crippen LogP contribution in [0.25, 0.3) is 10.9 Å². The first-order valence-electron chi connectivity index (χ1n) is 8.19. The van der Waals surface area contributed by atoms with Crippen LogP contribution in [0, 0.1) is 0 Å². The second-order valence-corrected chi connectivity index (χ2v) is 6.00. The molecule has 7 heteroatoms. The number of benzene rings is 1. The van der Waals surface area contributed by atoms with Crippen molar-refractivity contribution >= 4 is 34.2 Å². The Bertz CT molecular complexity index is 801. The average molecular weight is 325 g/mol. The van der Waals surface area contributed by atoms with Crippen molar-refractivity contribution in [2.75, 3.05) is 42.5 Å². The minimum Gasteiger partial charge on any atom is -0.367 e. The van der Waals surface area contributed by atoms with E-state index in [9.17, 15) is 9.59 Å². The number of nitrogens with one attached hydrogen (secondary N) is 2. The van der Waals surface area contributed by atoms with Gasteiger partial charge in [0.2, 0.25) is 5.91 Å². The number of carbonyl (C=O) groups is 2. The van der Waals surface area contributed by atoms with Gasteiger partial charge in [0.05, 0.1) is 16.9 Å². The zero-order chi connectivity index (χ0) is 16.5. The number of para-hydroxylation sites is 1. The molecule has 4 rings (SSSR count). The first kappa shape index (κ1) is 14.9. The van der Waals surface area contributed by atoms with Gasteiger partial charge < -0.3 is 10.2 Å². The highest BCUT2D eigenvalue weighted by molar-refractivity contribution is 6.10. The maximum atomic E-state index is 12.2. The Balaban J connectivity index is 1.78. The summed E-state index contributed by atoms with van der Waals surface area (Å²) in [5, 5.41) is 6.66. The molecule has 0 atom stereocenters. The van der Waals surface area contributed by atoms with E-state index in [1.165, 1.54) is 0 Å². The Morgan fingerprint density at radius 2 is 1.83 bits per heavy atom. The minimum atomic E-state index is -0.369. The number of hydrogen-bond acceptors (Lipinski definition) is 5. The summed E-state index contributed by atoms with van der Waals surface area (Å²) in [7, 11) is 0. The van der Waals surface area contributed by atoms with Crippen molar-refractivity contribution in [3.63, 3.8) is 0 Å². The molecule has 3 amide bonds. The third-order valence-corrected chi connectivity index (χ3v) is 4.53. The van der Waals surface area contributed by atoms with Crippen molar-refractivity contribution in [3.05, 3.63) is 30.5 Å². The first-order chi connectivity index (χ1) is 11.7. The van der Waals surface area contributed by atoms with Crippen molar-refractivity contribution < 1.29 is 9.59 Å². The molecular formula is C17H19N5O2. The van der Waals surface area contributed by atoms with Crippen molar-refractivity contribution in [3.8, 4) is 0 Å². The normalized spacial score (nSPS) is 18.8. The lowest BCUT2D eigenvalue weighted by molar-refractivity contribution is -0.120. The number of carbonyl (C=O) groups excluding carboxylic acids is 2. The van der Waals surface area contributed by atoms with Crippen molar-refractivity contribution in [2.24, 2.45) is 0 Å². The van der Waals surface area contributed by atoms with Crippen molar-refractivity contribution in [2.45, 2.75) is 6.42 Å². The lowest BCUT2D eigenvalue weighted by Crippen LogP contribution is -2.49. The first-order valence-corrected chi connectivity index (χ1v) is 8.19. The molecule has 2 aromatic rings. The number of fused-ring (bicyclic) bond motifs is 1. The van der Waals surface area contributed by atoms with E-state index in [4.69, 9.17) is 0 Å². The van der Waals surface area contributed by atoms with Crippen molar-refractivity contribution in [1.82, 2.24) is 15.6 Å². The number of hydrogen-bond donors (Lipinski definition) is 2. The predicted octanol–water partition coefficient (Wildman–Crippen LogP) is 1.09. The fourth-order valence-corrected chi connectivity index (χ4v) is 3.34. The molecule has 24 heavy (non-hydrogen) atoms. The van der Waals surface area contributed by atoms with E-state index in [1.54, 1.807) is 11.1 Å². The molecule has 7 nitrogen and oxygen atoms in total. The Kier molecular flexibility index (Phi) is 3.78. The van der Waals surface area contributed by atoms with Gasteiger partial charge in [0, 0.05) is 50.7 Å². The number of nitrogens with zero attached hydrogens (tertiary/aromatic N) is 3. The quantitative estimate of drug-likeness (QED) is 0.864.